The number of carbonyl (C=O) groups excluding carboxylic acids is 1. The number of unbranched alkanes of at least 4 members (excludes halogenated alkanes) is 23. The average molecular weight is 729 g/mol. The number of phosphoric ester groups is 1. The van der Waals surface area contributed by atoms with Crippen LogP contribution in [0, 0.1) is 0 Å². The molecule has 296 valence electrons. The van der Waals surface area contributed by atoms with Gasteiger partial charge in [-0.3, -0.25) is 9.36 Å². The molecule has 0 aliphatic carbocycles. The lowest BCUT2D eigenvalue weighted by Crippen LogP contribution is -2.45. The zero-order valence-electron chi connectivity index (χ0n) is 33.4. The van der Waals surface area contributed by atoms with Gasteiger partial charge in [-0.15, -0.1) is 0 Å². The molecule has 0 rings (SSSR count). The molecule has 50 heavy (non-hydrogen) atoms. The van der Waals surface area contributed by atoms with Gasteiger partial charge in [0, 0.05) is 6.42 Å². The third kappa shape index (κ3) is 35.4. The molecule has 0 saturated carbocycles. The first-order chi connectivity index (χ1) is 24.0. The van der Waals surface area contributed by atoms with Crippen molar-refractivity contribution in [2.75, 3.05) is 40.9 Å². The van der Waals surface area contributed by atoms with Crippen LogP contribution in [0.1, 0.15) is 181 Å². The summed E-state index contributed by atoms with van der Waals surface area (Å²) in [7, 11) is 1.24. The average Bonchev–Trinajstić information content (AvgIpc) is 3.06. The van der Waals surface area contributed by atoms with Crippen LogP contribution in [0.15, 0.2) is 24.3 Å². The first kappa shape index (κ1) is 49.0. The van der Waals surface area contributed by atoms with E-state index in [4.69, 9.17) is 9.05 Å². The minimum atomic E-state index is -4.59. The van der Waals surface area contributed by atoms with E-state index in [0.717, 1.165) is 32.1 Å². The lowest BCUT2D eigenvalue weighted by molar-refractivity contribution is -0.870. The summed E-state index contributed by atoms with van der Waals surface area (Å²) in [5.41, 5.74) is 0. The van der Waals surface area contributed by atoms with Gasteiger partial charge in [-0.25, -0.2) is 0 Å². The first-order valence-corrected chi connectivity index (χ1v) is 22.2. The van der Waals surface area contributed by atoms with Crippen molar-refractivity contribution >= 4 is 13.7 Å². The summed E-state index contributed by atoms with van der Waals surface area (Å²) >= 11 is 0. The van der Waals surface area contributed by atoms with Crippen LogP contribution in [0.4, 0.5) is 0 Å². The van der Waals surface area contributed by atoms with E-state index in [1.807, 2.05) is 27.2 Å². The van der Waals surface area contributed by atoms with Gasteiger partial charge in [-0.1, -0.05) is 179 Å². The van der Waals surface area contributed by atoms with E-state index in [1.54, 1.807) is 12.2 Å². The molecule has 2 N–H and O–H groups in total. The van der Waals surface area contributed by atoms with Crippen molar-refractivity contribution in [3.8, 4) is 0 Å². The van der Waals surface area contributed by atoms with Gasteiger partial charge in [0.1, 0.15) is 13.2 Å². The van der Waals surface area contributed by atoms with Gasteiger partial charge in [0.25, 0.3) is 7.82 Å². The second-order valence-corrected chi connectivity index (χ2v) is 16.8. The number of nitrogens with one attached hydrogen (secondary N) is 1. The van der Waals surface area contributed by atoms with E-state index in [0.29, 0.717) is 17.4 Å². The topological polar surface area (TPSA) is 108 Å². The SMILES string of the molecule is CCCCCCCCC/C=C/C=C/[C@@H](O)[C@H](COP(=O)([O-])OCC[N+](C)(C)C)NC(=O)CCCCCCCCCCCCCCCCCCC. The van der Waals surface area contributed by atoms with E-state index in [-0.39, 0.29) is 12.5 Å². The summed E-state index contributed by atoms with van der Waals surface area (Å²) in [5.74, 6) is -0.215. The Morgan fingerprint density at radius 1 is 0.700 bits per heavy atom. The van der Waals surface area contributed by atoms with Crippen molar-refractivity contribution in [1.29, 1.82) is 0 Å². The summed E-state index contributed by atoms with van der Waals surface area (Å²) in [5, 5.41) is 13.7. The van der Waals surface area contributed by atoms with Crippen LogP contribution < -0.4 is 10.2 Å². The van der Waals surface area contributed by atoms with E-state index in [2.05, 4.69) is 25.2 Å². The summed E-state index contributed by atoms with van der Waals surface area (Å²) in [6, 6.07) is -0.912. The number of hydrogen-bond donors (Lipinski definition) is 2. The fourth-order valence-corrected chi connectivity index (χ4v) is 6.58. The summed E-state index contributed by atoms with van der Waals surface area (Å²) in [4.78, 5) is 25.2. The molecule has 0 aromatic carbocycles. The molecule has 9 heteroatoms. The van der Waals surface area contributed by atoms with Gasteiger partial charge in [0.15, 0.2) is 0 Å². The van der Waals surface area contributed by atoms with Crippen LogP contribution in [0.2, 0.25) is 0 Å². The van der Waals surface area contributed by atoms with Crippen LogP contribution in [0.5, 0.6) is 0 Å². The fraction of sp³-hybridized carbons (Fsp3) is 0.878. The first-order valence-electron chi connectivity index (χ1n) is 20.7. The Balaban J connectivity index is 4.44. The molecule has 8 nitrogen and oxygen atoms in total. The van der Waals surface area contributed by atoms with Gasteiger partial charge < -0.3 is 28.8 Å². The minimum Gasteiger partial charge on any atom is -0.756 e. The van der Waals surface area contributed by atoms with Gasteiger partial charge in [0.2, 0.25) is 5.91 Å². The molecule has 0 heterocycles. The molecule has 1 amide bonds. The number of aliphatic hydroxyl groups excluding tert-OH is 1. The van der Waals surface area contributed by atoms with E-state index >= 15 is 0 Å². The predicted molar refractivity (Wildman–Crippen MR) is 210 cm³/mol. The standard InChI is InChI=1S/C41H81N2O6P/c1-6-8-10-12-14-16-18-19-20-21-22-23-25-27-29-31-33-35-41(45)42-39(38-49-50(46,47)48-37-36-43(3,4)5)40(44)34-32-30-28-26-24-17-15-13-11-9-7-2/h28,30,32,34,39-40,44H,6-27,29,31,33,35-38H2,1-5H3,(H-,42,45,46,47)/b30-28+,34-32+/t39-,40+/m0/s1. The lowest BCUT2D eigenvalue weighted by atomic mass is 10.0. The van der Waals surface area contributed by atoms with Gasteiger partial charge in [0.05, 0.1) is 39.9 Å². The normalized spacial score (nSPS) is 14.8. The number of allylic oxidation sites excluding steroid dienone is 3. The van der Waals surface area contributed by atoms with E-state index < -0.39 is 26.6 Å². The third-order valence-electron chi connectivity index (χ3n) is 9.22. The van der Waals surface area contributed by atoms with Crippen molar-refractivity contribution < 1.29 is 32.9 Å². The number of rotatable bonds is 37. The molecule has 0 aliphatic heterocycles. The van der Waals surface area contributed by atoms with Crippen LogP contribution in [0.3, 0.4) is 0 Å². The molecule has 1 unspecified atom stereocenters. The number of nitrogens with zero attached hydrogens (tertiary/aromatic N) is 1. The number of hydrogen-bond acceptors (Lipinski definition) is 6. The molecule has 0 bridgehead atoms. The quantitative estimate of drug-likeness (QED) is 0.0285. The largest absolute Gasteiger partial charge is 0.756 e. The van der Waals surface area contributed by atoms with Gasteiger partial charge in [-0.05, 0) is 19.3 Å². The van der Waals surface area contributed by atoms with Crippen molar-refractivity contribution in [1.82, 2.24) is 5.32 Å². The highest BCUT2D eigenvalue weighted by molar-refractivity contribution is 7.45. The Labute approximate surface area is 309 Å². The second kappa shape index (κ2) is 33.8. The second-order valence-electron chi connectivity index (χ2n) is 15.4. The van der Waals surface area contributed by atoms with E-state index in [9.17, 15) is 19.4 Å². The predicted octanol–water partition coefficient (Wildman–Crippen LogP) is 10.3. The third-order valence-corrected chi connectivity index (χ3v) is 10.2. The van der Waals surface area contributed by atoms with Gasteiger partial charge in [-0.2, -0.15) is 0 Å². The Morgan fingerprint density at radius 2 is 1.14 bits per heavy atom. The van der Waals surface area contributed by atoms with Crippen LogP contribution in [-0.4, -0.2) is 68.5 Å². The zero-order valence-corrected chi connectivity index (χ0v) is 34.2. The lowest BCUT2D eigenvalue weighted by Gasteiger charge is -2.29. The van der Waals surface area contributed by atoms with Crippen LogP contribution >= 0.6 is 7.82 Å². The highest BCUT2D eigenvalue weighted by atomic mass is 31.2. The molecule has 0 aromatic rings. The molecule has 0 fully saturated rings. The minimum absolute atomic E-state index is 0.00734. The summed E-state index contributed by atoms with van der Waals surface area (Å²) in [6.45, 7) is 4.58. The molecule has 0 saturated heterocycles. The molecule has 0 radical (unpaired) electrons. The zero-order chi connectivity index (χ0) is 37.2. The Morgan fingerprint density at radius 3 is 1.60 bits per heavy atom. The van der Waals surface area contributed by atoms with Crippen molar-refractivity contribution in [3.63, 3.8) is 0 Å². The number of likely N-dealkylation sites (N-methyl/N-ethyl adjacent to an activating group) is 1. The van der Waals surface area contributed by atoms with Gasteiger partial charge >= 0.3 is 0 Å². The maximum Gasteiger partial charge on any atom is 0.268 e. The van der Waals surface area contributed by atoms with E-state index in [1.165, 1.54) is 128 Å². The van der Waals surface area contributed by atoms with Crippen molar-refractivity contribution in [2.45, 2.75) is 193 Å². The monoisotopic (exact) mass is 729 g/mol. The number of aliphatic hydroxyl groups is 1. The molecule has 0 spiro atoms. The molecular formula is C41H81N2O6P. The van der Waals surface area contributed by atoms with Crippen molar-refractivity contribution in [3.05, 3.63) is 24.3 Å². The number of quaternary nitrogens is 1. The highest BCUT2D eigenvalue weighted by Gasteiger charge is 2.23. The number of amides is 1. The Kier molecular flexibility index (Phi) is 33.1. The summed E-state index contributed by atoms with van der Waals surface area (Å²) < 4.78 is 23.1. The maximum atomic E-state index is 12.8. The molecule has 0 aromatic heterocycles. The number of carbonyl (C=O) groups is 1. The molecular weight excluding hydrogens is 647 g/mol. The highest BCUT2D eigenvalue weighted by Crippen LogP contribution is 2.38. The summed E-state index contributed by atoms with van der Waals surface area (Å²) in [6.07, 6.45) is 38.0. The van der Waals surface area contributed by atoms with Crippen LogP contribution in [-0.2, 0) is 18.4 Å². The smallest absolute Gasteiger partial charge is 0.268 e. The maximum absolute atomic E-state index is 12.8. The fourth-order valence-electron chi connectivity index (χ4n) is 5.86. The van der Waals surface area contributed by atoms with Crippen LogP contribution in [0.25, 0.3) is 0 Å². The molecule has 0 aliphatic rings. The molecule has 3 atom stereocenters. The number of phosphoric acid groups is 1. The Hall–Kier alpha value is -1.02. The Bertz CT molecular complexity index is 876. The van der Waals surface area contributed by atoms with Crippen molar-refractivity contribution in [2.24, 2.45) is 0 Å².